The van der Waals surface area contributed by atoms with E-state index >= 15 is 0 Å². The molecule has 1 rings (SSSR count). The Morgan fingerprint density at radius 3 is 2.63 bits per heavy atom. The average molecular weight is 302 g/mol. The van der Waals surface area contributed by atoms with E-state index < -0.39 is 22.5 Å². The topological polar surface area (TPSA) is 98.5 Å². The van der Waals surface area contributed by atoms with Crippen LogP contribution in [0.15, 0.2) is 29.2 Å². The van der Waals surface area contributed by atoms with Crippen LogP contribution in [0.25, 0.3) is 0 Å². The van der Waals surface area contributed by atoms with Crippen LogP contribution >= 0.6 is 12.2 Å². The molecule has 0 amide bonds. The lowest BCUT2D eigenvalue weighted by Gasteiger charge is -2.10. The Balaban J connectivity index is 2.95. The molecule has 8 heteroatoms. The van der Waals surface area contributed by atoms with Crippen LogP contribution in [0.2, 0.25) is 0 Å². The van der Waals surface area contributed by atoms with Gasteiger partial charge in [0.15, 0.2) is 0 Å². The van der Waals surface area contributed by atoms with Crippen LogP contribution in [0.4, 0.5) is 0 Å². The number of nitrogens with one attached hydrogen (secondary N) is 1. The summed E-state index contributed by atoms with van der Waals surface area (Å²) in [4.78, 5) is 11.0. The Hall–Kier alpha value is -1.51. The standard InChI is InChI=1S/C11H14N2O4S2/c1-2-17-10(14)7-13-19(15,16)9-6-4-3-5-8(9)11(12)18/h3-6,13H,2,7H2,1H3,(H2,12,18). The highest BCUT2D eigenvalue weighted by Crippen LogP contribution is 2.14. The molecule has 0 aromatic heterocycles. The molecule has 0 atom stereocenters. The minimum Gasteiger partial charge on any atom is -0.465 e. The summed E-state index contributed by atoms with van der Waals surface area (Å²) in [5.41, 5.74) is 5.69. The molecule has 0 spiro atoms. The third-order valence-corrected chi connectivity index (χ3v) is 3.83. The highest BCUT2D eigenvalue weighted by Gasteiger charge is 2.20. The average Bonchev–Trinajstić information content (AvgIpc) is 2.37. The van der Waals surface area contributed by atoms with Crippen LogP contribution in [-0.2, 0) is 19.6 Å². The first-order valence-electron chi connectivity index (χ1n) is 5.42. The summed E-state index contributed by atoms with van der Waals surface area (Å²) in [6.45, 7) is 1.38. The molecule has 0 aliphatic carbocycles. The summed E-state index contributed by atoms with van der Waals surface area (Å²) < 4.78 is 30.8. The van der Waals surface area contributed by atoms with Gasteiger partial charge in [0.05, 0.1) is 11.5 Å². The van der Waals surface area contributed by atoms with Gasteiger partial charge in [-0.2, -0.15) is 4.72 Å². The number of benzene rings is 1. The fourth-order valence-corrected chi connectivity index (χ4v) is 2.78. The van der Waals surface area contributed by atoms with Crippen molar-refractivity contribution in [2.45, 2.75) is 11.8 Å². The van der Waals surface area contributed by atoms with E-state index in [4.69, 9.17) is 18.0 Å². The van der Waals surface area contributed by atoms with Gasteiger partial charge in [-0.1, -0.05) is 30.4 Å². The molecule has 0 bridgehead atoms. The second-order valence-electron chi connectivity index (χ2n) is 3.49. The smallest absolute Gasteiger partial charge is 0.321 e. The van der Waals surface area contributed by atoms with E-state index in [1.54, 1.807) is 19.1 Å². The first-order chi connectivity index (χ1) is 8.88. The summed E-state index contributed by atoms with van der Waals surface area (Å²) in [5, 5.41) is 0. The third-order valence-electron chi connectivity index (χ3n) is 2.15. The molecule has 0 saturated carbocycles. The van der Waals surface area contributed by atoms with Gasteiger partial charge in [-0.05, 0) is 13.0 Å². The highest BCUT2D eigenvalue weighted by molar-refractivity contribution is 7.89. The summed E-state index contributed by atoms with van der Waals surface area (Å²) in [6, 6.07) is 6.03. The zero-order valence-corrected chi connectivity index (χ0v) is 11.9. The largest absolute Gasteiger partial charge is 0.465 e. The number of carbonyl (C=O) groups excluding carboxylic acids is 1. The summed E-state index contributed by atoms with van der Waals surface area (Å²) in [6.07, 6.45) is 0. The molecular formula is C11H14N2O4S2. The van der Waals surface area contributed by atoms with Crippen molar-refractivity contribution in [3.05, 3.63) is 29.8 Å². The van der Waals surface area contributed by atoms with Crippen molar-refractivity contribution in [1.29, 1.82) is 0 Å². The molecule has 6 nitrogen and oxygen atoms in total. The summed E-state index contributed by atoms with van der Waals surface area (Å²) in [5.74, 6) is -0.654. The van der Waals surface area contributed by atoms with Crippen molar-refractivity contribution in [1.82, 2.24) is 4.72 Å². The second-order valence-corrected chi connectivity index (χ2v) is 5.67. The SMILES string of the molecule is CCOC(=O)CNS(=O)(=O)c1ccccc1C(N)=S. The summed E-state index contributed by atoms with van der Waals surface area (Å²) >= 11 is 4.79. The maximum atomic E-state index is 12.0. The fourth-order valence-electron chi connectivity index (χ4n) is 1.35. The molecule has 1 aromatic rings. The maximum Gasteiger partial charge on any atom is 0.321 e. The second kappa shape index (κ2) is 6.60. The number of rotatable bonds is 6. The van der Waals surface area contributed by atoms with E-state index in [2.05, 4.69) is 9.46 Å². The zero-order chi connectivity index (χ0) is 14.5. The minimum atomic E-state index is -3.87. The van der Waals surface area contributed by atoms with Gasteiger partial charge >= 0.3 is 5.97 Å². The lowest BCUT2D eigenvalue weighted by Crippen LogP contribution is -2.32. The first kappa shape index (κ1) is 15.5. The monoisotopic (exact) mass is 302 g/mol. The molecule has 0 radical (unpaired) electrons. The Morgan fingerprint density at radius 1 is 1.42 bits per heavy atom. The van der Waals surface area contributed by atoms with E-state index in [9.17, 15) is 13.2 Å². The molecule has 0 unspecified atom stereocenters. The van der Waals surface area contributed by atoms with Crippen molar-refractivity contribution in [2.24, 2.45) is 5.73 Å². The Labute approximate surface area is 117 Å². The Bertz CT molecular complexity index is 584. The van der Waals surface area contributed by atoms with E-state index in [1.807, 2.05) is 0 Å². The molecule has 0 fully saturated rings. The number of sulfonamides is 1. The van der Waals surface area contributed by atoms with Crippen molar-refractivity contribution in [3.63, 3.8) is 0 Å². The van der Waals surface area contributed by atoms with Crippen molar-refractivity contribution >= 4 is 33.2 Å². The van der Waals surface area contributed by atoms with Gasteiger partial charge in [0.25, 0.3) is 0 Å². The van der Waals surface area contributed by atoms with E-state index in [0.29, 0.717) is 0 Å². The number of carbonyl (C=O) groups is 1. The molecular weight excluding hydrogens is 288 g/mol. The molecule has 1 aromatic carbocycles. The van der Waals surface area contributed by atoms with Crippen LogP contribution in [0.1, 0.15) is 12.5 Å². The zero-order valence-electron chi connectivity index (χ0n) is 10.3. The van der Waals surface area contributed by atoms with Crippen LogP contribution in [0.5, 0.6) is 0 Å². The predicted molar refractivity (Wildman–Crippen MR) is 74.2 cm³/mol. The van der Waals surface area contributed by atoms with Crippen LogP contribution < -0.4 is 10.5 Å². The van der Waals surface area contributed by atoms with Crippen molar-refractivity contribution < 1.29 is 17.9 Å². The summed E-state index contributed by atoms with van der Waals surface area (Å²) in [7, 11) is -3.87. The molecule has 104 valence electrons. The molecule has 0 aliphatic rings. The fraction of sp³-hybridized carbons (Fsp3) is 0.273. The molecule has 0 heterocycles. The van der Waals surface area contributed by atoms with Gasteiger partial charge in [0, 0.05) is 5.56 Å². The maximum absolute atomic E-state index is 12.0. The number of ether oxygens (including phenoxy) is 1. The minimum absolute atomic E-state index is 0.0305. The van der Waals surface area contributed by atoms with Gasteiger partial charge in [-0.3, -0.25) is 4.79 Å². The number of hydrogen-bond acceptors (Lipinski definition) is 5. The Morgan fingerprint density at radius 2 is 2.05 bits per heavy atom. The predicted octanol–water partition coefficient (Wildman–Crippen LogP) is 0.162. The van der Waals surface area contributed by atoms with Crippen molar-refractivity contribution in [2.75, 3.05) is 13.2 Å². The first-order valence-corrected chi connectivity index (χ1v) is 7.31. The number of hydrogen-bond donors (Lipinski definition) is 2. The molecule has 0 aliphatic heterocycles. The quantitative estimate of drug-likeness (QED) is 0.574. The van der Waals surface area contributed by atoms with E-state index in [1.165, 1.54) is 12.1 Å². The van der Waals surface area contributed by atoms with Gasteiger partial charge in [-0.25, -0.2) is 8.42 Å². The van der Waals surface area contributed by atoms with Gasteiger partial charge < -0.3 is 10.5 Å². The number of thiocarbonyl (C=S) groups is 1. The molecule has 3 N–H and O–H groups in total. The lowest BCUT2D eigenvalue weighted by atomic mass is 10.2. The Kier molecular flexibility index (Phi) is 5.40. The van der Waals surface area contributed by atoms with Crippen LogP contribution in [0.3, 0.4) is 0 Å². The van der Waals surface area contributed by atoms with E-state index in [-0.39, 0.29) is 22.1 Å². The normalized spacial score (nSPS) is 11.0. The van der Waals surface area contributed by atoms with E-state index in [0.717, 1.165) is 0 Å². The van der Waals surface area contributed by atoms with Gasteiger partial charge in [0.1, 0.15) is 11.5 Å². The number of nitrogens with two attached hydrogens (primary N) is 1. The van der Waals surface area contributed by atoms with Gasteiger partial charge in [0.2, 0.25) is 10.0 Å². The van der Waals surface area contributed by atoms with Crippen LogP contribution in [0, 0.1) is 0 Å². The van der Waals surface area contributed by atoms with Gasteiger partial charge in [-0.15, -0.1) is 0 Å². The number of esters is 1. The highest BCUT2D eigenvalue weighted by atomic mass is 32.2. The molecule has 0 saturated heterocycles. The van der Waals surface area contributed by atoms with Crippen molar-refractivity contribution in [3.8, 4) is 0 Å². The lowest BCUT2D eigenvalue weighted by molar-refractivity contribution is -0.141. The molecule has 19 heavy (non-hydrogen) atoms. The van der Waals surface area contributed by atoms with Crippen LogP contribution in [-0.4, -0.2) is 32.5 Å². The third kappa shape index (κ3) is 4.27.